The van der Waals surface area contributed by atoms with Crippen LogP contribution in [-0.4, -0.2) is 48.3 Å². The lowest BCUT2D eigenvalue weighted by Crippen LogP contribution is -2.50. The zero-order valence-electron chi connectivity index (χ0n) is 21.8. The van der Waals surface area contributed by atoms with Crippen LogP contribution in [0.3, 0.4) is 0 Å². The van der Waals surface area contributed by atoms with Crippen LogP contribution in [0.15, 0.2) is 0 Å². The van der Waals surface area contributed by atoms with Crippen molar-refractivity contribution in [2.24, 2.45) is 0 Å². The average Bonchev–Trinajstić information content (AvgIpc) is 2.80. The first kappa shape index (κ1) is 27.4. The highest BCUT2D eigenvalue weighted by Crippen LogP contribution is 2.23. The van der Waals surface area contributed by atoms with Gasteiger partial charge in [0, 0.05) is 37.0 Å². The summed E-state index contributed by atoms with van der Waals surface area (Å²) in [5, 5.41) is 7.35. The van der Waals surface area contributed by atoms with Gasteiger partial charge < -0.3 is 20.1 Å². The number of esters is 2. The van der Waals surface area contributed by atoms with Crippen molar-refractivity contribution in [3.8, 4) is 0 Å². The summed E-state index contributed by atoms with van der Waals surface area (Å²) in [5.74, 6) is -0.0385. The van der Waals surface area contributed by atoms with E-state index >= 15 is 0 Å². The van der Waals surface area contributed by atoms with Crippen LogP contribution in [0.25, 0.3) is 0 Å². The predicted octanol–water partition coefficient (Wildman–Crippen LogP) is 5.57. The highest BCUT2D eigenvalue weighted by atomic mass is 16.5. The fourth-order valence-electron chi connectivity index (χ4n) is 5.97. The number of carbonyl (C=O) groups excluding carboxylic acids is 2. The van der Waals surface area contributed by atoms with Crippen molar-refractivity contribution in [2.45, 2.75) is 166 Å². The molecule has 0 saturated carbocycles. The molecule has 6 rings (SSSR count). The Hall–Kier alpha value is -1.14. The van der Waals surface area contributed by atoms with Gasteiger partial charge in [0.05, 0.1) is 0 Å². The van der Waals surface area contributed by atoms with E-state index in [0.717, 1.165) is 51.4 Å². The minimum Gasteiger partial charge on any atom is -0.461 e. The maximum absolute atomic E-state index is 12.3. The predicted molar refractivity (Wildman–Crippen MR) is 136 cm³/mol. The Balaban J connectivity index is 1.43. The highest BCUT2D eigenvalue weighted by molar-refractivity contribution is 5.69. The third-order valence-electron chi connectivity index (χ3n) is 8.14. The summed E-state index contributed by atoms with van der Waals surface area (Å²) in [5.41, 5.74) is 0. The molecule has 4 bridgehead atoms. The molecule has 6 atom stereocenters. The number of hydrogen-bond donors (Lipinski definition) is 2. The lowest BCUT2D eigenvalue weighted by Gasteiger charge is -2.35. The van der Waals surface area contributed by atoms with Crippen LogP contribution in [0.2, 0.25) is 0 Å². The topological polar surface area (TPSA) is 76.7 Å². The van der Waals surface area contributed by atoms with E-state index in [1.165, 1.54) is 51.4 Å². The Morgan fingerprint density at radius 1 is 0.529 bits per heavy atom. The van der Waals surface area contributed by atoms with Gasteiger partial charge in [-0.2, -0.15) is 0 Å². The molecule has 6 aliphatic rings. The average molecular weight is 479 g/mol. The molecule has 0 aromatic carbocycles. The molecule has 2 N–H and O–H groups in total. The Morgan fingerprint density at radius 3 is 1.32 bits per heavy atom. The second kappa shape index (κ2) is 15.1. The van der Waals surface area contributed by atoms with Crippen LogP contribution in [0, 0.1) is 0 Å². The van der Waals surface area contributed by atoms with Crippen molar-refractivity contribution in [1.29, 1.82) is 0 Å². The third-order valence-corrected chi connectivity index (χ3v) is 8.14. The molecule has 6 saturated heterocycles. The number of ether oxygens (including phenoxy) is 2. The standard InChI is InChI=1S/C28H50N2O4/c1-21-25-19-17-23(29-21)13-9-5-3-8-12-16-28(32)34-26-20-18-24(30-22(26)2)14-10-6-4-7-11-15-27(31)33-25/h21-26,29-30H,3-20H2,1-2H3/t21-,22-,23?,24?,25?,26?/m0/s1. The van der Waals surface area contributed by atoms with E-state index in [9.17, 15) is 9.59 Å². The number of piperidine rings is 2. The fraction of sp³-hybridized carbons (Fsp3) is 0.929. The van der Waals surface area contributed by atoms with Gasteiger partial charge in [-0.3, -0.25) is 9.59 Å². The van der Waals surface area contributed by atoms with Crippen molar-refractivity contribution < 1.29 is 19.1 Å². The molecule has 196 valence electrons. The zero-order chi connectivity index (χ0) is 24.2. The number of hydrogen-bond acceptors (Lipinski definition) is 6. The summed E-state index contributed by atoms with van der Waals surface area (Å²) >= 11 is 0. The molecule has 0 aliphatic carbocycles. The summed E-state index contributed by atoms with van der Waals surface area (Å²) < 4.78 is 11.6. The smallest absolute Gasteiger partial charge is 0.306 e. The van der Waals surface area contributed by atoms with Crippen molar-refractivity contribution in [2.75, 3.05) is 0 Å². The van der Waals surface area contributed by atoms with Gasteiger partial charge in [0.25, 0.3) is 0 Å². The molecule has 34 heavy (non-hydrogen) atoms. The van der Waals surface area contributed by atoms with Crippen LogP contribution in [0.1, 0.15) is 129 Å². The normalized spacial score (nSPS) is 36.5. The lowest BCUT2D eigenvalue weighted by atomic mass is 9.92. The van der Waals surface area contributed by atoms with Crippen LogP contribution in [0.5, 0.6) is 0 Å². The maximum atomic E-state index is 12.3. The van der Waals surface area contributed by atoms with Crippen LogP contribution in [-0.2, 0) is 19.1 Å². The maximum Gasteiger partial charge on any atom is 0.306 e. The van der Waals surface area contributed by atoms with Gasteiger partial charge in [0.1, 0.15) is 12.2 Å². The van der Waals surface area contributed by atoms with Crippen LogP contribution < -0.4 is 10.6 Å². The Bertz CT molecular complexity index is 561. The molecular formula is C28H50N2O4. The van der Waals surface area contributed by atoms with Gasteiger partial charge in [-0.05, 0) is 65.2 Å². The van der Waals surface area contributed by atoms with Gasteiger partial charge in [-0.15, -0.1) is 0 Å². The molecule has 6 fully saturated rings. The first-order chi connectivity index (χ1) is 16.5. The van der Waals surface area contributed by atoms with E-state index in [4.69, 9.17) is 9.47 Å². The fourth-order valence-corrected chi connectivity index (χ4v) is 5.97. The largest absolute Gasteiger partial charge is 0.461 e. The highest BCUT2D eigenvalue weighted by Gasteiger charge is 2.30. The van der Waals surface area contributed by atoms with Gasteiger partial charge in [0.15, 0.2) is 0 Å². The van der Waals surface area contributed by atoms with E-state index < -0.39 is 0 Å². The molecule has 6 heteroatoms. The van der Waals surface area contributed by atoms with E-state index in [1.54, 1.807) is 0 Å². The van der Waals surface area contributed by atoms with E-state index in [1.807, 2.05) is 0 Å². The van der Waals surface area contributed by atoms with Crippen molar-refractivity contribution >= 4 is 11.9 Å². The quantitative estimate of drug-likeness (QED) is 0.444. The second-order valence-electron chi connectivity index (χ2n) is 11.1. The number of carbonyl (C=O) groups is 2. The minimum absolute atomic E-state index is 0.0193. The SMILES string of the molecule is C[C@@H]1NC2CCCCCCCC(=O)OC3CCC(CCCCCCCC(=O)OC1CC2)N[C@H]3C. The molecule has 6 nitrogen and oxygen atoms in total. The summed E-state index contributed by atoms with van der Waals surface area (Å²) in [6.45, 7) is 4.31. The van der Waals surface area contributed by atoms with E-state index in [-0.39, 0.29) is 36.2 Å². The molecule has 6 aliphatic heterocycles. The molecular weight excluding hydrogens is 428 g/mol. The second-order valence-corrected chi connectivity index (χ2v) is 11.1. The van der Waals surface area contributed by atoms with Crippen molar-refractivity contribution in [3.05, 3.63) is 0 Å². The molecule has 0 amide bonds. The van der Waals surface area contributed by atoms with Gasteiger partial charge >= 0.3 is 11.9 Å². The lowest BCUT2D eigenvalue weighted by molar-refractivity contribution is -0.153. The molecule has 4 unspecified atom stereocenters. The Morgan fingerprint density at radius 2 is 0.912 bits per heavy atom. The third kappa shape index (κ3) is 9.85. The minimum atomic E-state index is -0.0193. The summed E-state index contributed by atoms with van der Waals surface area (Å²) in [6, 6.07) is 1.53. The molecule has 6 heterocycles. The number of rotatable bonds is 0. The molecule has 0 spiro atoms. The van der Waals surface area contributed by atoms with Gasteiger partial charge in [0.2, 0.25) is 0 Å². The number of nitrogens with one attached hydrogen (secondary N) is 2. The van der Waals surface area contributed by atoms with Gasteiger partial charge in [-0.25, -0.2) is 0 Å². The summed E-state index contributed by atoms with van der Waals surface area (Å²) in [4.78, 5) is 24.6. The molecule has 0 radical (unpaired) electrons. The molecule has 0 aromatic rings. The van der Waals surface area contributed by atoms with Crippen molar-refractivity contribution in [1.82, 2.24) is 10.6 Å². The monoisotopic (exact) mass is 478 g/mol. The van der Waals surface area contributed by atoms with E-state index in [2.05, 4.69) is 24.5 Å². The summed E-state index contributed by atoms with van der Waals surface area (Å²) in [7, 11) is 0. The first-order valence-corrected chi connectivity index (χ1v) is 14.4. The molecule has 0 aromatic heterocycles. The van der Waals surface area contributed by atoms with Crippen LogP contribution >= 0.6 is 0 Å². The van der Waals surface area contributed by atoms with Gasteiger partial charge in [-0.1, -0.05) is 51.4 Å². The first-order valence-electron chi connectivity index (χ1n) is 14.4. The summed E-state index contributed by atoms with van der Waals surface area (Å²) in [6.07, 6.45) is 18.9. The Labute approximate surface area is 207 Å². The Kier molecular flexibility index (Phi) is 12.2. The zero-order valence-corrected chi connectivity index (χ0v) is 21.8. The van der Waals surface area contributed by atoms with Crippen LogP contribution in [0.4, 0.5) is 0 Å². The van der Waals surface area contributed by atoms with Crippen molar-refractivity contribution in [3.63, 3.8) is 0 Å². The van der Waals surface area contributed by atoms with E-state index in [0.29, 0.717) is 24.9 Å².